The highest BCUT2D eigenvalue weighted by Gasteiger charge is 2.23. The highest BCUT2D eigenvalue weighted by Crippen LogP contribution is 2.28. The smallest absolute Gasteiger partial charge is 0.251 e. The van der Waals surface area contributed by atoms with Crippen molar-refractivity contribution < 1.29 is 14.3 Å². The van der Waals surface area contributed by atoms with Crippen molar-refractivity contribution in [1.29, 1.82) is 0 Å². The first-order chi connectivity index (χ1) is 11.5. The molecule has 5 nitrogen and oxygen atoms in total. The van der Waals surface area contributed by atoms with Crippen molar-refractivity contribution in [1.82, 2.24) is 10.6 Å². The van der Waals surface area contributed by atoms with E-state index in [0.29, 0.717) is 35.5 Å². The van der Waals surface area contributed by atoms with Crippen molar-refractivity contribution in [3.8, 4) is 11.5 Å². The van der Waals surface area contributed by atoms with Gasteiger partial charge in [0.1, 0.15) is 0 Å². The standard InChI is InChI=1S/C19H30N2O3.ClH/c1-13(2)8-10-24-17-6-5-15(11-18(17)23-4)19(22)21-16-12-20-9-7-14(16)3;/h5-6,11,13-14,16,20H,7-10,12H2,1-4H3,(H,21,22);1H. The van der Waals surface area contributed by atoms with Gasteiger partial charge in [0.05, 0.1) is 13.7 Å². The second-order valence-electron chi connectivity index (χ2n) is 6.95. The Kier molecular flexibility index (Phi) is 9.08. The molecule has 6 heteroatoms. The van der Waals surface area contributed by atoms with Crippen LogP contribution >= 0.6 is 12.4 Å². The highest BCUT2D eigenvalue weighted by atomic mass is 35.5. The van der Waals surface area contributed by atoms with Crippen LogP contribution in [-0.2, 0) is 0 Å². The molecule has 2 rings (SSSR count). The average Bonchev–Trinajstić information content (AvgIpc) is 2.56. The normalized spacial score (nSPS) is 19.9. The first-order valence-corrected chi connectivity index (χ1v) is 8.83. The minimum Gasteiger partial charge on any atom is -0.493 e. The van der Waals surface area contributed by atoms with Crippen LogP contribution < -0.4 is 20.1 Å². The van der Waals surface area contributed by atoms with Gasteiger partial charge >= 0.3 is 0 Å². The fourth-order valence-corrected chi connectivity index (χ4v) is 2.77. The molecule has 1 amide bonds. The lowest BCUT2D eigenvalue weighted by Gasteiger charge is -2.30. The summed E-state index contributed by atoms with van der Waals surface area (Å²) in [5.41, 5.74) is 0.598. The number of methoxy groups -OCH3 is 1. The maximum atomic E-state index is 12.5. The van der Waals surface area contributed by atoms with E-state index in [1.54, 1.807) is 19.2 Å². The number of piperidine rings is 1. The van der Waals surface area contributed by atoms with Crippen LogP contribution in [0.1, 0.15) is 44.0 Å². The first-order valence-electron chi connectivity index (χ1n) is 8.83. The van der Waals surface area contributed by atoms with Crippen LogP contribution in [0.15, 0.2) is 18.2 Å². The minimum absolute atomic E-state index is 0. The Bertz CT molecular complexity index is 551. The number of benzene rings is 1. The zero-order chi connectivity index (χ0) is 17.5. The topological polar surface area (TPSA) is 59.6 Å². The van der Waals surface area contributed by atoms with Crippen molar-refractivity contribution in [2.24, 2.45) is 11.8 Å². The molecular weight excluding hydrogens is 340 g/mol. The van der Waals surface area contributed by atoms with E-state index in [4.69, 9.17) is 9.47 Å². The maximum absolute atomic E-state index is 12.5. The highest BCUT2D eigenvalue weighted by molar-refractivity contribution is 5.95. The summed E-state index contributed by atoms with van der Waals surface area (Å²) in [7, 11) is 1.60. The van der Waals surface area contributed by atoms with E-state index < -0.39 is 0 Å². The van der Waals surface area contributed by atoms with Crippen LogP contribution in [0.4, 0.5) is 0 Å². The lowest BCUT2D eigenvalue weighted by atomic mass is 9.94. The molecule has 25 heavy (non-hydrogen) atoms. The minimum atomic E-state index is -0.0671. The molecule has 142 valence electrons. The molecule has 0 bridgehead atoms. The molecule has 0 saturated carbocycles. The van der Waals surface area contributed by atoms with Crippen LogP contribution in [0, 0.1) is 11.8 Å². The van der Waals surface area contributed by atoms with Crippen molar-refractivity contribution in [2.45, 2.75) is 39.7 Å². The number of carbonyl (C=O) groups is 1. The molecule has 1 heterocycles. The SMILES string of the molecule is COc1cc(C(=O)NC2CNCCC2C)ccc1OCCC(C)C.Cl. The Labute approximate surface area is 157 Å². The Morgan fingerprint density at radius 1 is 1.36 bits per heavy atom. The Hall–Kier alpha value is -1.46. The van der Waals surface area contributed by atoms with Gasteiger partial charge < -0.3 is 20.1 Å². The summed E-state index contributed by atoms with van der Waals surface area (Å²) in [6.45, 7) is 8.98. The van der Waals surface area contributed by atoms with Crippen LogP contribution in [-0.4, -0.2) is 38.8 Å². The van der Waals surface area contributed by atoms with Gasteiger partial charge in [0.25, 0.3) is 5.91 Å². The monoisotopic (exact) mass is 370 g/mol. The molecule has 2 unspecified atom stereocenters. The number of nitrogens with one attached hydrogen (secondary N) is 2. The van der Waals surface area contributed by atoms with Gasteiger partial charge in [-0.1, -0.05) is 20.8 Å². The van der Waals surface area contributed by atoms with Crippen LogP contribution in [0.3, 0.4) is 0 Å². The largest absolute Gasteiger partial charge is 0.493 e. The van der Waals surface area contributed by atoms with E-state index in [-0.39, 0.29) is 24.4 Å². The third-order valence-electron chi connectivity index (χ3n) is 4.52. The van der Waals surface area contributed by atoms with Gasteiger partial charge in [-0.2, -0.15) is 0 Å². The summed E-state index contributed by atoms with van der Waals surface area (Å²) in [5, 5.41) is 6.44. The van der Waals surface area contributed by atoms with Crippen molar-refractivity contribution >= 4 is 18.3 Å². The molecule has 1 saturated heterocycles. The van der Waals surface area contributed by atoms with Gasteiger partial charge in [-0.05, 0) is 49.4 Å². The number of carbonyl (C=O) groups excluding carboxylic acids is 1. The van der Waals surface area contributed by atoms with Gasteiger partial charge in [0.2, 0.25) is 0 Å². The van der Waals surface area contributed by atoms with Crippen molar-refractivity contribution in [2.75, 3.05) is 26.8 Å². The van der Waals surface area contributed by atoms with Gasteiger partial charge in [-0.15, -0.1) is 12.4 Å². The lowest BCUT2D eigenvalue weighted by molar-refractivity contribution is 0.0915. The number of ether oxygens (including phenoxy) is 2. The molecule has 1 aromatic carbocycles. The number of hydrogen-bond acceptors (Lipinski definition) is 4. The summed E-state index contributed by atoms with van der Waals surface area (Å²) >= 11 is 0. The average molecular weight is 371 g/mol. The second kappa shape index (κ2) is 10.5. The summed E-state index contributed by atoms with van der Waals surface area (Å²) < 4.78 is 11.2. The number of amides is 1. The van der Waals surface area contributed by atoms with E-state index in [0.717, 1.165) is 25.9 Å². The summed E-state index contributed by atoms with van der Waals surface area (Å²) in [4.78, 5) is 12.5. The number of hydrogen-bond donors (Lipinski definition) is 2. The zero-order valence-corrected chi connectivity index (χ0v) is 16.4. The molecule has 2 N–H and O–H groups in total. The molecule has 1 aliphatic rings. The summed E-state index contributed by atoms with van der Waals surface area (Å²) in [5.74, 6) is 2.29. The van der Waals surface area contributed by atoms with Crippen LogP contribution in [0.2, 0.25) is 0 Å². The van der Waals surface area contributed by atoms with E-state index >= 15 is 0 Å². The van der Waals surface area contributed by atoms with Crippen molar-refractivity contribution in [3.63, 3.8) is 0 Å². The molecule has 0 aromatic heterocycles. The van der Waals surface area contributed by atoms with E-state index in [1.807, 2.05) is 6.07 Å². The van der Waals surface area contributed by atoms with E-state index in [9.17, 15) is 4.79 Å². The Morgan fingerprint density at radius 3 is 2.76 bits per heavy atom. The lowest BCUT2D eigenvalue weighted by Crippen LogP contribution is -2.50. The van der Waals surface area contributed by atoms with Crippen molar-refractivity contribution in [3.05, 3.63) is 23.8 Å². The van der Waals surface area contributed by atoms with Gasteiger partial charge in [0, 0.05) is 18.2 Å². The predicted octanol–water partition coefficient (Wildman–Crippen LogP) is 3.27. The van der Waals surface area contributed by atoms with Crippen LogP contribution in [0.5, 0.6) is 11.5 Å². The molecule has 1 aliphatic heterocycles. The van der Waals surface area contributed by atoms with E-state index in [2.05, 4.69) is 31.4 Å². The third-order valence-corrected chi connectivity index (χ3v) is 4.52. The molecule has 0 spiro atoms. The first kappa shape index (κ1) is 21.6. The number of rotatable bonds is 7. The molecular formula is C19H31ClN2O3. The van der Waals surface area contributed by atoms with Gasteiger partial charge in [-0.25, -0.2) is 0 Å². The molecule has 2 atom stereocenters. The maximum Gasteiger partial charge on any atom is 0.251 e. The van der Waals surface area contributed by atoms with Gasteiger partial charge in [0.15, 0.2) is 11.5 Å². The van der Waals surface area contributed by atoms with Gasteiger partial charge in [-0.3, -0.25) is 4.79 Å². The molecule has 0 aliphatic carbocycles. The molecule has 1 fully saturated rings. The summed E-state index contributed by atoms with van der Waals surface area (Å²) in [6.07, 6.45) is 2.06. The quantitative estimate of drug-likeness (QED) is 0.773. The fourth-order valence-electron chi connectivity index (χ4n) is 2.77. The predicted molar refractivity (Wildman–Crippen MR) is 103 cm³/mol. The summed E-state index contributed by atoms with van der Waals surface area (Å²) in [6, 6.07) is 5.53. The van der Waals surface area contributed by atoms with E-state index in [1.165, 1.54) is 0 Å². The Balaban J connectivity index is 0.00000312. The Morgan fingerprint density at radius 2 is 2.12 bits per heavy atom. The third kappa shape index (κ3) is 6.40. The molecule has 0 radical (unpaired) electrons. The zero-order valence-electron chi connectivity index (χ0n) is 15.6. The fraction of sp³-hybridized carbons (Fsp3) is 0.632. The van der Waals surface area contributed by atoms with Crippen LogP contribution in [0.25, 0.3) is 0 Å². The second-order valence-corrected chi connectivity index (χ2v) is 6.95. The number of halogens is 1. The molecule has 1 aromatic rings.